The van der Waals surface area contributed by atoms with Crippen molar-refractivity contribution in [1.82, 2.24) is 10.3 Å². The van der Waals surface area contributed by atoms with Gasteiger partial charge in [-0.05, 0) is 55.5 Å². The SMILES string of the molecule is COc1nccc2cc(C3(C)CCCN3)ccc12. The third-order valence-electron chi connectivity index (χ3n) is 3.93. The number of hydrogen-bond acceptors (Lipinski definition) is 3. The van der Waals surface area contributed by atoms with Crippen molar-refractivity contribution in [2.75, 3.05) is 13.7 Å². The van der Waals surface area contributed by atoms with E-state index in [0.29, 0.717) is 5.88 Å². The van der Waals surface area contributed by atoms with Crippen LogP contribution in [0.25, 0.3) is 10.8 Å². The van der Waals surface area contributed by atoms with E-state index >= 15 is 0 Å². The third kappa shape index (κ3) is 1.75. The lowest BCUT2D eigenvalue weighted by atomic mass is 9.89. The molecule has 0 aliphatic carbocycles. The largest absolute Gasteiger partial charge is 0.481 e. The highest BCUT2D eigenvalue weighted by atomic mass is 16.5. The highest BCUT2D eigenvalue weighted by Gasteiger charge is 2.29. The van der Waals surface area contributed by atoms with Crippen molar-refractivity contribution in [2.45, 2.75) is 25.3 Å². The van der Waals surface area contributed by atoms with Gasteiger partial charge in [-0.15, -0.1) is 0 Å². The van der Waals surface area contributed by atoms with Gasteiger partial charge in [-0.25, -0.2) is 4.98 Å². The summed E-state index contributed by atoms with van der Waals surface area (Å²) in [5.41, 5.74) is 1.46. The molecule has 1 fully saturated rings. The van der Waals surface area contributed by atoms with E-state index in [1.165, 1.54) is 23.8 Å². The van der Waals surface area contributed by atoms with Gasteiger partial charge < -0.3 is 10.1 Å². The van der Waals surface area contributed by atoms with Crippen molar-refractivity contribution in [3.05, 3.63) is 36.0 Å². The van der Waals surface area contributed by atoms with E-state index in [1.54, 1.807) is 13.3 Å². The highest BCUT2D eigenvalue weighted by Crippen LogP contribution is 2.33. The second kappa shape index (κ2) is 4.25. The summed E-state index contributed by atoms with van der Waals surface area (Å²) in [4.78, 5) is 4.23. The van der Waals surface area contributed by atoms with E-state index in [0.717, 1.165) is 11.9 Å². The number of nitrogens with zero attached hydrogens (tertiary/aromatic N) is 1. The maximum Gasteiger partial charge on any atom is 0.221 e. The normalized spacial score (nSPS) is 23.4. The smallest absolute Gasteiger partial charge is 0.221 e. The number of ether oxygens (including phenoxy) is 1. The molecule has 1 aromatic heterocycles. The summed E-state index contributed by atoms with van der Waals surface area (Å²) in [5.74, 6) is 0.698. The van der Waals surface area contributed by atoms with Crippen molar-refractivity contribution in [2.24, 2.45) is 0 Å². The lowest BCUT2D eigenvalue weighted by molar-refractivity contribution is 0.403. The first-order chi connectivity index (χ1) is 8.73. The molecule has 1 atom stereocenters. The Morgan fingerprint density at radius 1 is 1.33 bits per heavy atom. The predicted octanol–water partition coefficient (Wildman–Crippen LogP) is 2.84. The van der Waals surface area contributed by atoms with Crippen molar-refractivity contribution in [1.29, 1.82) is 0 Å². The van der Waals surface area contributed by atoms with Gasteiger partial charge in [0.05, 0.1) is 7.11 Å². The Bertz CT molecular complexity index is 574. The molecule has 1 unspecified atom stereocenters. The maximum atomic E-state index is 5.29. The zero-order valence-electron chi connectivity index (χ0n) is 10.9. The van der Waals surface area contributed by atoms with Gasteiger partial charge in [0, 0.05) is 17.1 Å². The Labute approximate surface area is 107 Å². The summed E-state index contributed by atoms with van der Waals surface area (Å²) < 4.78 is 5.29. The molecule has 94 valence electrons. The maximum absolute atomic E-state index is 5.29. The molecular weight excluding hydrogens is 224 g/mol. The quantitative estimate of drug-likeness (QED) is 0.879. The first-order valence-corrected chi connectivity index (χ1v) is 6.41. The van der Waals surface area contributed by atoms with Crippen molar-refractivity contribution in [3.8, 4) is 5.88 Å². The van der Waals surface area contributed by atoms with Crippen LogP contribution in [0.3, 0.4) is 0 Å². The minimum Gasteiger partial charge on any atom is -0.481 e. The highest BCUT2D eigenvalue weighted by molar-refractivity contribution is 5.87. The van der Waals surface area contributed by atoms with E-state index in [1.807, 2.05) is 6.07 Å². The Kier molecular flexibility index (Phi) is 2.71. The molecule has 0 spiro atoms. The fourth-order valence-corrected chi connectivity index (χ4v) is 2.80. The van der Waals surface area contributed by atoms with Crippen LogP contribution in [0.15, 0.2) is 30.5 Å². The van der Waals surface area contributed by atoms with Gasteiger partial charge in [-0.1, -0.05) is 6.07 Å². The van der Waals surface area contributed by atoms with Gasteiger partial charge in [0.2, 0.25) is 5.88 Å². The molecule has 2 heterocycles. The first-order valence-electron chi connectivity index (χ1n) is 6.41. The number of aromatic nitrogens is 1. The second-order valence-corrected chi connectivity index (χ2v) is 5.12. The van der Waals surface area contributed by atoms with Crippen LogP contribution in [0.4, 0.5) is 0 Å². The fourth-order valence-electron chi connectivity index (χ4n) is 2.80. The van der Waals surface area contributed by atoms with Crippen LogP contribution in [0.2, 0.25) is 0 Å². The molecule has 2 aromatic rings. The summed E-state index contributed by atoms with van der Waals surface area (Å²) >= 11 is 0. The molecule has 3 heteroatoms. The van der Waals surface area contributed by atoms with Crippen LogP contribution >= 0.6 is 0 Å². The summed E-state index contributed by atoms with van der Waals surface area (Å²) in [7, 11) is 1.66. The second-order valence-electron chi connectivity index (χ2n) is 5.12. The molecule has 1 aliphatic heterocycles. The fraction of sp³-hybridized carbons (Fsp3) is 0.400. The van der Waals surface area contributed by atoms with Crippen molar-refractivity contribution < 1.29 is 4.74 Å². The molecule has 3 rings (SSSR count). The molecule has 3 nitrogen and oxygen atoms in total. The van der Waals surface area contributed by atoms with E-state index in [4.69, 9.17) is 4.74 Å². The number of fused-ring (bicyclic) bond motifs is 1. The van der Waals surface area contributed by atoms with Crippen LogP contribution in [-0.4, -0.2) is 18.6 Å². The van der Waals surface area contributed by atoms with E-state index in [-0.39, 0.29) is 5.54 Å². The lowest BCUT2D eigenvalue weighted by Gasteiger charge is -2.25. The van der Waals surface area contributed by atoms with Crippen LogP contribution in [-0.2, 0) is 5.54 Å². The monoisotopic (exact) mass is 242 g/mol. The zero-order chi connectivity index (χ0) is 12.6. The van der Waals surface area contributed by atoms with Gasteiger partial charge in [-0.3, -0.25) is 0 Å². The number of rotatable bonds is 2. The van der Waals surface area contributed by atoms with Gasteiger partial charge >= 0.3 is 0 Å². The molecule has 0 amide bonds. The number of pyridine rings is 1. The summed E-state index contributed by atoms with van der Waals surface area (Å²) in [5, 5.41) is 5.86. The Balaban J connectivity index is 2.12. The number of methoxy groups -OCH3 is 1. The number of nitrogens with one attached hydrogen (secondary N) is 1. The molecular formula is C15H18N2O. The van der Waals surface area contributed by atoms with E-state index < -0.39 is 0 Å². The Morgan fingerprint density at radius 2 is 2.22 bits per heavy atom. The number of hydrogen-bond donors (Lipinski definition) is 1. The van der Waals surface area contributed by atoms with E-state index in [2.05, 4.69) is 35.4 Å². The van der Waals surface area contributed by atoms with Crippen LogP contribution in [0.1, 0.15) is 25.3 Å². The predicted molar refractivity (Wildman–Crippen MR) is 72.9 cm³/mol. The van der Waals surface area contributed by atoms with Gasteiger partial charge in [0.15, 0.2) is 0 Å². The Morgan fingerprint density at radius 3 is 2.94 bits per heavy atom. The lowest BCUT2D eigenvalue weighted by Crippen LogP contribution is -2.32. The van der Waals surface area contributed by atoms with Gasteiger partial charge in [0.25, 0.3) is 0 Å². The number of benzene rings is 1. The molecule has 0 radical (unpaired) electrons. The Hall–Kier alpha value is -1.61. The minimum absolute atomic E-state index is 0.116. The zero-order valence-corrected chi connectivity index (χ0v) is 10.9. The van der Waals surface area contributed by atoms with Crippen LogP contribution < -0.4 is 10.1 Å². The molecule has 18 heavy (non-hydrogen) atoms. The van der Waals surface area contributed by atoms with Crippen molar-refractivity contribution >= 4 is 10.8 Å². The molecule has 1 aromatic carbocycles. The van der Waals surface area contributed by atoms with Crippen LogP contribution in [0.5, 0.6) is 5.88 Å². The average molecular weight is 242 g/mol. The molecule has 1 N–H and O–H groups in total. The topological polar surface area (TPSA) is 34.1 Å². The van der Waals surface area contributed by atoms with Crippen LogP contribution in [0, 0.1) is 0 Å². The standard InChI is InChI=1S/C15H18N2O/c1-15(7-3-8-17-15)12-4-5-13-11(10-12)6-9-16-14(13)18-2/h4-6,9-10,17H,3,7-8H2,1-2H3. The van der Waals surface area contributed by atoms with Crippen molar-refractivity contribution in [3.63, 3.8) is 0 Å². The molecule has 1 aliphatic rings. The summed E-state index contributed by atoms with van der Waals surface area (Å²) in [6.45, 7) is 3.38. The minimum atomic E-state index is 0.116. The summed E-state index contributed by atoms with van der Waals surface area (Å²) in [6, 6.07) is 8.59. The molecule has 0 saturated carbocycles. The first kappa shape index (κ1) is 11.5. The van der Waals surface area contributed by atoms with Gasteiger partial charge in [-0.2, -0.15) is 0 Å². The van der Waals surface area contributed by atoms with Gasteiger partial charge in [0.1, 0.15) is 0 Å². The molecule has 0 bridgehead atoms. The van der Waals surface area contributed by atoms with E-state index in [9.17, 15) is 0 Å². The average Bonchev–Trinajstić information content (AvgIpc) is 2.85. The summed E-state index contributed by atoms with van der Waals surface area (Å²) in [6.07, 6.45) is 4.24. The third-order valence-corrected chi connectivity index (χ3v) is 3.93. The molecule has 1 saturated heterocycles.